The molecule has 1 aromatic heterocycles. The lowest BCUT2D eigenvalue weighted by molar-refractivity contribution is -0.130. The van der Waals surface area contributed by atoms with Crippen LogP contribution in [0, 0.1) is 13.8 Å². The van der Waals surface area contributed by atoms with Crippen LogP contribution in [0.1, 0.15) is 23.1 Å². The van der Waals surface area contributed by atoms with Gasteiger partial charge in [0.1, 0.15) is 0 Å². The molecule has 1 aliphatic heterocycles. The zero-order valence-electron chi connectivity index (χ0n) is 17.7. The van der Waals surface area contributed by atoms with Crippen LogP contribution >= 0.6 is 11.8 Å². The molecule has 3 aromatic rings. The number of carbonyl (C=O) groups is 1. The maximum atomic E-state index is 13.2. The fourth-order valence-electron chi connectivity index (χ4n) is 4.05. The fourth-order valence-corrected chi connectivity index (χ4v) is 6.63. The first-order valence-corrected chi connectivity index (χ1v) is 13.2. The van der Waals surface area contributed by atoms with Crippen LogP contribution < -0.4 is 0 Å². The summed E-state index contributed by atoms with van der Waals surface area (Å²) in [5.74, 6) is 0.365. The van der Waals surface area contributed by atoms with E-state index in [1.165, 1.54) is 11.8 Å². The molecule has 162 valence electrons. The van der Waals surface area contributed by atoms with Crippen molar-refractivity contribution in [1.29, 1.82) is 0 Å². The number of nitrogens with zero attached hydrogens (tertiary/aromatic N) is 2. The van der Waals surface area contributed by atoms with Crippen molar-refractivity contribution >= 4 is 38.4 Å². The van der Waals surface area contributed by atoms with E-state index in [1.807, 2.05) is 55.5 Å². The summed E-state index contributed by atoms with van der Waals surface area (Å²) in [6.45, 7) is 4.51. The van der Waals surface area contributed by atoms with Crippen LogP contribution in [0.25, 0.3) is 10.9 Å². The molecule has 0 bridgehead atoms. The Hall–Kier alpha value is -2.38. The van der Waals surface area contributed by atoms with Gasteiger partial charge < -0.3 is 4.90 Å². The number of amides is 1. The van der Waals surface area contributed by atoms with Crippen LogP contribution in [0.4, 0.5) is 0 Å². The number of hydrogen-bond donors (Lipinski definition) is 0. The quantitative estimate of drug-likeness (QED) is 0.523. The van der Waals surface area contributed by atoms with Crippen LogP contribution in [0.15, 0.2) is 59.6 Å². The molecule has 1 atom stereocenters. The van der Waals surface area contributed by atoms with Crippen molar-refractivity contribution in [2.24, 2.45) is 0 Å². The number of sulfone groups is 1. The first kappa shape index (κ1) is 21.8. The number of fused-ring (bicyclic) bond motifs is 1. The fraction of sp³-hybridized carbons (Fsp3) is 0.333. The van der Waals surface area contributed by atoms with Gasteiger partial charge in [0.15, 0.2) is 9.84 Å². The molecule has 2 aromatic carbocycles. The smallest absolute Gasteiger partial charge is 0.233 e. The van der Waals surface area contributed by atoms with E-state index in [2.05, 4.69) is 13.0 Å². The van der Waals surface area contributed by atoms with Crippen LogP contribution in [0.3, 0.4) is 0 Å². The summed E-state index contributed by atoms with van der Waals surface area (Å²) in [5, 5.41) is 1.93. The van der Waals surface area contributed by atoms with E-state index in [-0.39, 0.29) is 29.2 Å². The average molecular weight is 455 g/mol. The highest BCUT2D eigenvalue weighted by molar-refractivity contribution is 7.99. The lowest BCUT2D eigenvalue weighted by atomic mass is 10.1. The Kier molecular flexibility index (Phi) is 6.34. The maximum absolute atomic E-state index is 13.2. The van der Waals surface area contributed by atoms with Gasteiger partial charge in [0.25, 0.3) is 0 Å². The standard InChI is InChI=1S/C24H26N2O3S2/c1-17-7-6-10-21-18(2)13-22(25-24(17)21)30-15-23(27)26(14-19-8-4-3-5-9-19)20-11-12-31(28,29)16-20/h3-10,13,20H,11-12,14-16H2,1-2H3. The minimum Gasteiger partial charge on any atom is -0.334 e. The molecule has 0 spiro atoms. The molecule has 0 N–H and O–H groups in total. The molecule has 31 heavy (non-hydrogen) atoms. The summed E-state index contributed by atoms with van der Waals surface area (Å²) >= 11 is 1.41. The summed E-state index contributed by atoms with van der Waals surface area (Å²) in [6, 6.07) is 17.6. The summed E-state index contributed by atoms with van der Waals surface area (Å²) in [7, 11) is -3.08. The second-order valence-corrected chi connectivity index (χ2v) is 11.3. The number of pyridine rings is 1. The maximum Gasteiger partial charge on any atom is 0.233 e. The van der Waals surface area contributed by atoms with Crippen LogP contribution in [-0.4, -0.2) is 47.5 Å². The number of para-hydroxylation sites is 1. The Balaban J connectivity index is 1.53. The number of aryl methyl sites for hydroxylation is 2. The van der Waals surface area contributed by atoms with Gasteiger partial charge in [-0.25, -0.2) is 13.4 Å². The van der Waals surface area contributed by atoms with Crippen molar-refractivity contribution in [3.8, 4) is 0 Å². The number of rotatable bonds is 6. The number of benzene rings is 2. The monoisotopic (exact) mass is 454 g/mol. The van der Waals surface area contributed by atoms with Crippen molar-refractivity contribution in [3.63, 3.8) is 0 Å². The van der Waals surface area contributed by atoms with Crippen LogP contribution in [0.2, 0.25) is 0 Å². The Labute approximate surface area is 187 Å². The number of thioether (sulfide) groups is 1. The van der Waals surface area contributed by atoms with Gasteiger partial charge in [0.2, 0.25) is 5.91 Å². The van der Waals surface area contributed by atoms with Gasteiger partial charge in [-0.2, -0.15) is 0 Å². The summed E-state index contributed by atoms with van der Waals surface area (Å²) in [5.41, 5.74) is 4.20. The third-order valence-corrected chi connectivity index (χ3v) is 8.38. The van der Waals surface area contributed by atoms with E-state index in [0.29, 0.717) is 13.0 Å². The van der Waals surface area contributed by atoms with Gasteiger partial charge in [-0.3, -0.25) is 4.79 Å². The van der Waals surface area contributed by atoms with Gasteiger partial charge in [0, 0.05) is 18.0 Å². The Morgan fingerprint density at radius 1 is 1.10 bits per heavy atom. The van der Waals surface area contributed by atoms with E-state index in [0.717, 1.165) is 32.6 Å². The summed E-state index contributed by atoms with van der Waals surface area (Å²) in [6.07, 6.45) is 0.498. The van der Waals surface area contributed by atoms with Crippen molar-refractivity contribution in [2.75, 3.05) is 17.3 Å². The van der Waals surface area contributed by atoms with Gasteiger partial charge in [-0.05, 0) is 43.0 Å². The molecule has 0 radical (unpaired) electrons. The molecular weight excluding hydrogens is 428 g/mol. The second kappa shape index (κ2) is 9.01. The average Bonchev–Trinajstić information content (AvgIpc) is 3.11. The number of aromatic nitrogens is 1. The minimum atomic E-state index is -3.08. The second-order valence-electron chi connectivity index (χ2n) is 8.10. The molecule has 1 unspecified atom stereocenters. The minimum absolute atomic E-state index is 0.0444. The van der Waals surface area contributed by atoms with E-state index in [4.69, 9.17) is 4.98 Å². The SMILES string of the molecule is Cc1cc(SCC(=O)N(Cc2ccccc2)C2CCS(=O)(=O)C2)nc2c(C)cccc12. The lowest BCUT2D eigenvalue weighted by Gasteiger charge is -2.28. The molecule has 0 aliphatic carbocycles. The highest BCUT2D eigenvalue weighted by Crippen LogP contribution is 2.27. The van der Waals surface area contributed by atoms with Gasteiger partial charge in [-0.15, -0.1) is 0 Å². The summed E-state index contributed by atoms with van der Waals surface area (Å²) < 4.78 is 24.1. The normalized spacial score (nSPS) is 17.7. The highest BCUT2D eigenvalue weighted by atomic mass is 32.2. The highest BCUT2D eigenvalue weighted by Gasteiger charge is 2.34. The van der Waals surface area contributed by atoms with Crippen molar-refractivity contribution in [2.45, 2.75) is 37.9 Å². The van der Waals surface area contributed by atoms with E-state index in [9.17, 15) is 13.2 Å². The first-order chi connectivity index (χ1) is 14.8. The molecule has 1 saturated heterocycles. The Morgan fingerprint density at radius 3 is 2.58 bits per heavy atom. The van der Waals surface area contributed by atoms with Gasteiger partial charge in [-0.1, -0.05) is 60.3 Å². The molecule has 0 saturated carbocycles. The van der Waals surface area contributed by atoms with Crippen molar-refractivity contribution in [3.05, 3.63) is 71.3 Å². The van der Waals surface area contributed by atoms with Gasteiger partial charge >= 0.3 is 0 Å². The van der Waals surface area contributed by atoms with E-state index < -0.39 is 9.84 Å². The molecule has 4 rings (SSSR count). The third kappa shape index (κ3) is 5.10. The van der Waals surface area contributed by atoms with Crippen molar-refractivity contribution < 1.29 is 13.2 Å². The van der Waals surface area contributed by atoms with E-state index in [1.54, 1.807) is 4.90 Å². The third-order valence-electron chi connectivity index (χ3n) is 5.73. The molecule has 1 aliphatic rings. The molecule has 7 heteroatoms. The number of hydrogen-bond acceptors (Lipinski definition) is 5. The van der Waals surface area contributed by atoms with Gasteiger partial charge in [0.05, 0.1) is 27.8 Å². The topological polar surface area (TPSA) is 67.3 Å². The predicted molar refractivity (Wildman–Crippen MR) is 126 cm³/mol. The largest absolute Gasteiger partial charge is 0.334 e. The molecule has 2 heterocycles. The number of carbonyl (C=O) groups excluding carboxylic acids is 1. The zero-order chi connectivity index (χ0) is 22.0. The molecule has 1 amide bonds. The Morgan fingerprint density at radius 2 is 1.87 bits per heavy atom. The summed E-state index contributed by atoms with van der Waals surface area (Å²) in [4.78, 5) is 19.7. The van der Waals surface area contributed by atoms with Crippen LogP contribution in [0.5, 0.6) is 0 Å². The van der Waals surface area contributed by atoms with E-state index >= 15 is 0 Å². The Bertz CT molecular complexity index is 1210. The zero-order valence-corrected chi connectivity index (χ0v) is 19.4. The molecular formula is C24H26N2O3S2. The predicted octanol–water partition coefficient (Wildman–Crippen LogP) is 4.16. The van der Waals surface area contributed by atoms with Crippen molar-refractivity contribution in [1.82, 2.24) is 9.88 Å². The van der Waals surface area contributed by atoms with Crippen LogP contribution in [-0.2, 0) is 21.2 Å². The molecule has 1 fully saturated rings. The lowest BCUT2D eigenvalue weighted by Crippen LogP contribution is -2.41. The molecule has 5 nitrogen and oxygen atoms in total. The first-order valence-electron chi connectivity index (χ1n) is 10.4.